The molecular formula is C31H22Cl3N3O5. The van der Waals surface area contributed by atoms with E-state index in [4.69, 9.17) is 49.0 Å². The van der Waals surface area contributed by atoms with Gasteiger partial charge in [-0.05, 0) is 54.1 Å². The molecule has 0 radical (unpaired) electrons. The first kappa shape index (κ1) is 29.0. The standard InChI is InChI=1S/C31H22Cl3N3O5/c1-40-25-9-5-7-21-27(19-6-3-4-8-22(19)33)29(36-28(21)25)30(38)37-35-16-17-10-13-24(26(14-17)41-2)42-31(39)20-12-11-18(32)15-23(20)34/h3-16,36H,1-2H3,(H,37,38). The molecule has 0 aliphatic carbocycles. The van der Waals surface area contributed by atoms with Crippen LogP contribution in [0.15, 0.2) is 84.0 Å². The zero-order chi connectivity index (χ0) is 29.8. The van der Waals surface area contributed by atoms with Gasteiger partial charge in [-0.25, -0.2) is 10.2 Å². The maximum atomic E-state index is 13.4. The summed E-state index contributed by atoms with van der Waals surface area (Å²) in [6.07, 6.45) is 1.43. The molecule has 0 aliphatic heterocycles. The smallest absolute Gasteiger partial charge is 0.345 e. The van der Waals surface area contributed by atoms with E-state index in [0.717, 1.165) is 5.39 Å². The van der Waals surface area contributed by atoms with E-state index in [9.17, 15) is 9.59 Å². The first-order chi connectivity index (χ1) is 20.3. The third-order valence-electron chi connectivity index (χ3n) is 6.31. The lowest BCUT2D eigenvalue weighted by molar-refractivity contribution is 0.0729. The monoisotopic (exact) mass is 621 g/mol. The number of esters is 1. The second-order valence-corrected chi connectivity index (χ2v) is 10.1. The summed E-state index contributed by atoms with van der Waals surface area (Å²) < 4.78 is 16.4. The number of aromatic nitrogens is 1. The highest BCUT2D eigenvalue weighted by atomic mass is 35.5. The summed E-state index contributed by atoms with van der Waals surface area (Å²) in [7, 11) is 2.99. The number of methoxy groups -OCH3 is 2. The van der Waals surface area contributed by atoms with Gasteiger partial charge in [0, 0.05) is 26.6 Å². The Balaban J connectivity index is 1.38. The summed E-state index contributed by atoms with van der Waals surface area (Å²) in [5.74, 6) is -0.141. The molecule has 0 atom stereocenters. The molecular weight excluding hydrogens is 601 g/mol. The van der Waals surface area contributed by atoms with Gasteiger partial charge in [0.05, 0.1) is 36.5 Å². The normalized spacial score (nSPS) is 11.1. The van der Waals surface area contributed by atoms with Crippen molar-refractivity contribution in [1.29, 1.82) is 0 Å². The predicted octanol–water partition coefficient (Wildman–Crippen LogP) is 7.80. The van der Waals surface area contributed by atoms with Gasteiger partial charge < -0.3 is 19.2 Å². The molecule has 0 saturated carbocycles. The molecule has 0 fully saturated rings. The van der Waals surface area contributed by atoms with Crippen molar-refractivity contribution in [3.05, 3.63) is 111 Å². The Bertz CT molecular complexity index is 1850. The second-order valence-electron chi connectivity index (χ2n) is 8.86. The maximum Gasteiger partial charge on any atom is 0.345 e. The first-order valence-corrected chi connectivity index (χ1v) is 13.6. The van der Waals surface area contributed by atoms with Gasteiger partial charge in [-0.1, -0.05) is 65.1 Å². The number of hydrazone groups is 1. The van der Waals surface area contributed by atoms with Crippen molar-refractivity contribution in [3.63, 3.8) is 0 Å². The number of para-hydroxylation sites is 1. The van der Waals surface area contributed by atoms with Crippen LogP contribution in [0.4, 0.5) is 0 Å². The first-order valence-electron chi connectivity index (χ1n) is 12.4. The minimum Gasteiger partial charge on any atom is -0.495 e. The van der Waals surface area contributed by atoms with Crippen molar-refractivity contribution in [1.82, 2.24) is 10.4 Å². The molecule has 1 amide bonds. The van der Waals surface area contributed by atoms with Crippen LogP contribution in [0, 0.1) is 0 Å². The number of hydrogen-bond acceptors (Lipinski definition) is 6. The van der Waals surface area contributed by atoms with Gasteiger partial charge in [0.2, 0.25) is 0 Å². The van der Waals surface area contributed by atoms with E-state index < -0.39 is 11.9 Å². The number of carbonyl (C=O) groups is 2. The maximum absolute atomic E-state index is 13.4. The Morgan fingerprint density at radius 2 is 1.62 bits per heavy atom. The molecule has 8 nitrogen and oxygen atoms in total. The minimum absolute atomic E-state index is 0.155. The lowest BCUT2D eigenvalue weighted by Crippen LogP contribution is -2.19. The van der Waals surface area contributed by atoms with Crippen LogP contribution in [0.1, 0.15) is 26.4 Å². The molecule has 42 heavy (non-hydrogen) atoms. The van der Waals surface area contributed by atoms with Crippen molar-refractivity contribution in [2.45, 2.75) is 0 Å². The average molecular weight is 623 g/mol. The Morgan fingerprint density at radius 1 is 0.833 bits per heavy atom. The Hall–Kier alpha value is -4.50. The van der Waals surface area contributed by atoms with Crippen molar-refractivity contribution in [2.24, 2.45) is 5.10 Å². The van der Waals surface area contributed by atoms with Crippen LogP contribution in [0.2, 0.25) is 15.1 Å². The number of halogens is 3. The summed E-state index contributed by atoms with van der Waals surface area (Å²) in [5, 5.41) is 5.94. The highest BCUT2D eigenvalue weighted by molar-refractivity contribution is 6.36. The molecule has 4 aromatic carbocycles. The zero-order valence-corrected chi connectivity index (χ0v) is 24.5. The highest BCUT2D eigenvalue weighted by Crippen LogP contribution is 2.39. The fraction of sp³-hybridized carbons (Fsp3) is 0.0645. The lowest BCUT2D eigenvalue weighted by Gasteiger charge is -2.10. The fourth-order valence-electron chi connectivity index (χ4n) is 4.35. The molecule has 1 aromatic heterocycles. The molecule has 2 N–H and O–H groups in total. The van der Waals surface area contributed by atoms with Crippen LogP contribution in [0.25, 0.3) is 22.0 Å². The number of benzene rings is 4. The number of fused-ring (bicyclic) bond motifs is 1. The van der Waals surface area contributed by atoms with Gasteiger partial charge in [0.15, 0.2) is 11.5 Å². The van der Waals surface area contributed by atoms with Gasteiger partial charge in [-0.15, -0.1) is 0 Å². The Kier molecular flexibility index (Phi) is 8.68. The van der Waals surface area contributed by atoms with Crippen molar-refractivity contribution in [2.75, 3.05) is 14.2 Å². The quantitative estimate of drug-likeness (QED) is 0.0796. The molecule has 5 aromatic rings. The van der Waals surface area contributed by atoms with E-state index in [-0.39, 0.29) is 27.8 Å². The molecule has 0 saturated heterocycles. The molecule has 1 heterocycles. The number of amides is 1. The summed E-state index contributed by atoms with van der Waals surface area (Å²) in [6, 6.07) is 22.0. The summed E-state index contributed by atoms with van der Waals surface area (Å²) in [4.78, 5) is 29.2. The molecule has 0 spiro atoms. The van der Waals surface area contributed by atoms with Crippen LogP contribution in [0.3, 0.4) is 0 Å². The number of H-pyrrole nitrogens is 1. The third-order valence-corrected chi connectivity index (χ3v) is 7.18. The number of nitrogens with zero attached hydrogens (tertiary/aromatic N) is 1. The van der Waals surface area contributed by atoms with Crippen LogP contribution < -0.4 is 19.6 Å². The minimum atomic E-state index is -0.673. The van der Waals surface area contributed by atoms with Crippen molar-refractivity contribution >= 4 is 63.8 Å². The number of rotatable bonds is 8. The molecule has 0 aliphatic rings. The van der Waals surface area contributed by atoms with Crippen molar-refractivity contribution < 1.29 is 23.8 Å². The van der Waals surface area contributed by atoms with Gasteiger partial charge in [0.1, 0.15) is 11.4 Å². The SMILES string of the molecule is COc1cc(C=NNC(=O)c2[nH]c3c(OC)cccc3c2-c2ccccc2Cl)ccc1OC(=O)c1ccc(Cl)cc1Cl. The van der Waals surface area contributed by atoms with Crippen LogP contribution in [0.5, 0.6) is 17.2 Å². The van der Waals surface area contributed by atoms with E-state index in [1.54, 1.807) is 43.5 Å². The van der Waals surface area contributed by atoms with Crippen LogP contribution in [-0.2, 0) is 0 Å². The highest BCUT2D eigenvalue weighted by Gasteiger charge is 2.22. The van der Waals surface area contributed by atoms with E-state index in [1.165, 1.54) is 25.5 Å². The number of aromatic amines is 1. The summed E-state index contributed by atoms with van der Waals surface area (Å²) in [5.41, 5.74) is 5.50. The molecule has 212 valence electrons. The van der Waals surface area contributed by atoms with Crippen molar-refractivity contribution in [3.8, 4) is 28.4 Å². The molecule has 0 bridgehead atoms. The Labute approximate surface area is 255 Å². The van der Waals surface area contributed by atoms with Gasteiger partial charge in [-0.2, -0.15) is 5.10 Å². The van der Waals surface area contributed by atoms with Crippen LogP contribution in [-0.4, -0.2) is 37.3 Å². The van der Waals surface area contributed by atoms with Gasteiger partial charge in [0.25, 0.3) is 5.91 Å². The van der Waals surface area contributed by atoms with Gasteiger partial charge in [-0.3, -0.25) is 4.79 Å². The largest absolute Gasteiger partial charge is 0.495 e. The molecule has 0 unspecified atom stereocenters. The number of nitrogens with one attached hydrogen (secondary N) is 2. The molecule has 5 rings (SSSR count). The zero-order valence-electron chi connectivity index (χ0n) is 22.2. The predicted molar refractivity (Wildman–Crippen MR) is 165 cm³/mol. The van der Waals surface area contributed by atoms with Gasteiger partial charge >= 0.3 is 5.97 Å². The second kappa shape index (κ2) is 12.6. The van der Waals surface area contributed by atoms with E-state index in [1.807, 2.05) is 30.3 Å². The average Bonchev–Trinajstić information content (AvgIpc) is 3.37. The van der Waals surface area contributed by atoms with Crippen LogP contribution >= 0.6 is 34.8 Å². The lowest BCUT2D eigenvalue weighted by atomic mass is 10.0. The third kappa shape index (κ3) is 5.92. The molecule has 11 heteroatoms. The Morgan fingerprint density at radius 3 is 2.36 bits per heavy atom. The van der Waals surface area contributed by atoms with E-state index in [2.05, 4.69) is 15.5 Å². The summed E-state index contributed by atoms with van der Waals surface area (Å²) >= 11 is 18.5. The summed E-state index contributed by atoms with van der Waals surface area (Å²) in [6.45, 7) is 0. The number of carbonyl (C=O) groups excluding carboxylic acids is 2. The van der Waals surface area contributed by atoms with E-state index >= 15 is 0 Å². The number of ether oxygens (including phenoxy) is 3. The topological polar surface area (TPSA) is 102 Å². The fourth-order valence-corrected chi connectivity index (χ4v) is 5.07. The van der Waals surface area contributed by atoms with E-state index in [0.29, 0.717) is 38.0 Å². The number of hydrogen-bond donors (Lipinski definition) is 2.